The van der Waals surface area contributed by atoms with Gasteiger partial charge in [0.25, 0.3) is 0 Å². The first-order valence-corrected chi connectivity index (χ1v) is 27.0. The van der Waals surface area contributed by atoms with Gasteiger partial charge >= 0.3 is 17.9 Å². The second kappa shape index (κ2) is 51.3. The number of ether oxygens (including phenoxy) is 3. The van der Waals surface area contributed by atoms with Crippen LogP contribution in [0.1, 0.15) is 284 Å². The molecule has 1 unspecified atom stereocenters. The zero-order valence-electron chi connectivity index (χ0n) is 41.4. The molecule has 0 N–H and O–H groups in total. The summed E-state index contributed by atoms with van der Waals surface area (Å²) in [5, 5.41) is 0. The summed E-state index contributed by atoms with van der Waals surface area (Å²) in [7, 11) is 0. The quantitative estimate of drug-likeness (QED) is 0.0262. The smallest absolute Gasteiger partial charge is 0.306 e. The van der Waals surface area contributed by atoms with Crippen LogP contribution in [0.15, 0.2) is 36.5 Å². The number of allylic oxidation sites excluding steroid dienone is 6. The number of hydrogen-bond acceptors (Lipinski definition) is 6. The van der Waals surface area contributed by atoms with Gasteiger partial charge in [0.05, 0.1) is 0 Å². The van der Waals surface area contributed by atoms with E-state index >= 15 is 0 Å². The zero-order valence-corrected chi connectivity index (χ0v) is 41.4. The predicted molar refractivity (Wildman–Crippen MR) is 266 cm³/mol. The Kier molecular flexibility index (Phi) is 49.3. The maximum Gasteiger partial charge on any atom is 0.306 e. The van der Waals surface area contributed by atoms with Crippen LogP contribution in [0.3, 0.4) is 0 Å². The molecule has 6 nitrogen and oxygen atoms in total. The average Bonchev–Trinajstić information content (AvgIpc) is 3.27. The Balaban J connectivity index is 4.33. The van der Waals surface area contributed by atoms with E-state index in [1.54, 1.807) is 0 Å². The minimum Gasteiger partial charge on any atom is -0.462 e. The molecule has 0 radical (unpaired) electrons. The molecule has 0 heterocycles. The second-order valence-corrected chi connectivity index (χ2v) is 18.2. The summed E-state index contributed by atoms with van der Waals surface area (Å²) in [6.07, 6.45) is 59.9. The first-order valence-electron chi connectivity index (χ1n) is 27.0. The molecule has 0 aliphatic rings. The van der Waals surface area contributed by atoms with E-state index in [0.29, 0.717) is 19.3 Å². The molecule has 6 heteroatoms. The summed E-state index contributed by atoms with van der Waals surface area (Å²) < 4.78 is 16.8. The van der Waals surface area contributed by atoms with Crippen molar-refractivity contribution in [3.63, 3.8) is 0 Å². The monoisotopic (exact) mass is 871 g/mol. The van der Waals surface area contributed by atoms with Crippen molar-refractivity contribution in [2.75, 3.05) is 13.2 Å². The molecule has 0 rings (SSSR count). The van der Waals surface area contributed by atoms with Crippen LogP contribution in [-0.2, 0) is 28.6 Å². The molecule has 0 aromatic rings. The lowest BCUT2D eigenvalue weighted by molar-refractivity contribution is -0.167. The standard InChI is InChI=1S/C56H102O6/c1-4-7-10-13-16-19-22-25-27-28-29-32-34-37-40-43-46-49-55(58)61-52-53(51-60-54(57)48-45-42-39-36-33-30-24-21-18-15-12-9-6-3)62-56(59)50-47-44-41-38-35-31-26-23-20-17-14-11-8-5-2/h9,12,15,18,21,24,53H,4-8,10-11,13-14,16-17,19-20,22-23,25-52H2,1-3H3/b12-9+,18-15+,24-21+. The van der Waals surface area contributed by atoms with Crippen molar-refractivity contribution < 1.29 is 28.6 Å². The van der Waals surface area contributed by atoms with Gasteiger partial charge in [-0.15, -0.1) is 0 Å². The highest BCUT2D eigenvalue weighted by Crippen LogP contribution is 2.17. The predicted octanol–water partition coefficient (Wildman–Crippen LogP) is 17.7. The van der Waals surface area contributed by atoms with Crippen LogP contribution in [0, 0.1) is 0 Å². The molecule has 0 saturated carbocycles. The van der Waals surface area contributed by atoms with Crippen LogP contribution in [0.25, 0.3) is 0 Å². The lowest BCUT2D eigenvalue weighted by atomic mass is 10.0. The molecular weight excluding hydrogens is 769 g/mol. The highest BCUT2D eigenvalue weighted by atomic mass is 16.6. The van der Waals surface area contributed by atoms with Gasteiger partial charge in [-0.25, -0.2) is 0 Å². The van der Waals surface area contributed by atoms with Gasteiger partial charge in [0.15, 0.2) is 6.10 Å². The minimum absolute atomic E-state index is 0.0742. The minimum atomic E-state index is -0.775. The fraction of sp³-hybridized carbons (Fsp3) is 0.839. The fourth-order valence-corrected chi connectivity index (χ4v) is 7.91. The second-order valence-electron chi connectivity index (χ2n) is 18.2. The molecule has 1 atom stereocenters. The fourth-order valence-electron chi connectivity index (χ4n) is 7.91. The van der Waals surface area contributed by atoms with Gasteiger partial charge in [0.1, 0.15) is 13.2 Å². The van der Waals surface area contributed by atoms with E-state index in [1.165, 1.54) is 161 Å². The topological polar surface area (TPSA) is 78.9 Å². The van der Waals surface area contributed by atoms with Gasteiger partial charge in [-0.05, 0) is 38.5 Å². The van der Waals surface area contributed by atoms with Crippen molar-refractivity contribution in [2.45, 2.75) is 290 Å². The van der Waals surface area contributed by atoms with E-state index in [4.69, 9.17) is 14.2 Å². The van der Waals surface area contributed by atoms with E-state index < -0.39 is 6.10 Å². The number of unbranched alkanes of at least 4 members (excludes halogenated alkanes) is 34. The molecule has 0 fully saturated rings. The van der Waals surface area contributed by atoms with Crippen LogP contribution in [0.2, 0.25) is 0 Å². The van der Waals surface area contributed by atoms with Gasteiger partial charge in [-0.3, -0.25) is 14.4 Å². The number of carbonyl (C=O) groups excluding carboxylic acids is 3. The van der Waals surface area contributed by atoms with Crippen LogP contribution >= 0.6 is 0 Å². The summed E-state index contributed by atoms with van der Waals surface area (Å²) in [5.41, 5.74) is 0. The Morgan fingerprint density at radius 1 is 0.339 bits per heavy atom. The van der Waals surface area contributed by atoms with E-state index in [-0.39, 0.29) is 31.1 Å². The van der Waals surface area contributed by atoms with Crippen LogP contribution in [0.5, 0.6) is 0 Å². The van der Waals surface area contributed by atoms with E-state index in [1.807, 2.05) is 0 Å². The average molecular weight is 871 g/mol. The van der Waals surface area contributed by atoms with Crippen molar-refractivity contribution in [2.24, 2.45) is 0 Å². The largest absolute Gasteiger partial charge is 0.462 e. The third-order valence-corrected chi connectivity index (χ3v) is 12.0. The number of hydrogen-bond donors (Lipinski definition) is 0. The first kappa shape index (κ1) is 59.6. The molecule has 0 amide bonds. The van der Waals surface area contributed by atoms with Gasteiger partial charge in [0, 0.05) is 19.3 Å². The van der Waals surface area contributed by atoms with Crippen LogP contribution in [0.4, 0.5) is 0 Å². The number of carbonyl (C=O) groups is 3. The van der Waals surface area contributed by atoms with Gasteiger partial charge < -0.3 is 14.2 Å². The molecule has 0 bridgehead atoms. The molecule has 0 saturated heterocycles. The van der Waals surface area contributed by atoms with Crippen molar-refractivity contribution in [3.05, 3.63) is 36.5 Å². The summed E-state index contributed by atoms with van der Waals surface area (Å²) in [6, 6.07) is 0. The van der Waals surface area contributed by atoms with E-state index in [2.05, 4.69) is 57.2 Å². The summed E-state index contributed by atoms with van der Waals surface area (Å²) in [5.74, 6) is -0.880. The molecule has 0 aromatic heterocycles. The normalized spacial score (nSPS) is 12.2. The molecular formula is C56H102O6. The third-order valence-electron chi connectivity index (χ3n) is 12.0. The van der Waals surface area contributed by atoms with Gasteiger partial charge in [0.2, 0.25) is 0 Å². The molecule has 62 heavy (non-hydrogen) atoms. The van der Waals surface area contributed by atoms with Crippen molar-refractivity contribution >= 4 is 17.9 Å². The highest BCUT2D eigenvalue weighted by Gasteiger charge is 2.19. The van der Waals surface area contributed by atoms with Crippen molar-refractivity contribution in [1.29, 1.82) is 0 Å². The molecule has 362 valence electrons. The molecule has 0 spiro atoms. The lowest BCUT2D eigenvalue weighted by Crippen LogP contribution is -2.30. The molecule has 0 aliphatic heterocycles. The van der Waals surface area contributed by atoms with Gasteiger partial charge in [-0.1, -0.05) is 263 Å². The Hall–Kier alpha value is -2.37. The Labute approximate surface area is 385 Å². The number of rotatable bonds is 49. The van der Waals surface area contributed by atoms with Gasteiger partial charge in [-0.2, -0.15) is 0 Å². The van der Waals surface area contributed by atoms with Crippen molar-refractivity contribution in [1.82, 2.24) is 0 Å². The zero-order chi connectivity index (χ0) is 45.1. The van der Waals surface area contributed by atoms with Crippen LogP contribution in [-0.4, -0.2) is 37.2 Å². The number of esters is 3. The molecule has 0 aromatic carbocycles. The van der Waals surface area contributed by atoms with Crippen LogP contribution < -0.4 is 0 Å². The maximum absolute atomic E-state index is 12.8. The SMILES string of the molecule is CC/C=C/C=C/C=C/CCCCCCCC(=O)OCC(COC(=O)CCCCCCCCCCCCCCCCCCC)OC(=O)CCCCCCCCCCCCCCCC. The Morgan fingerprint density at radius 3 is 0.968 bits per heavy atom. The summed E-state index contributed by atoms with van der Waals surface area (Å²) in [6.45, 7) is 6.52. The Morgan fingerprint density at radius 2 is 0.629 bits per heavy atom. The summed E-state index contributed by atoms with van der Waals surface area (Å²) >= 11 is 0. The molecule has 0 aliphatic carbocycles. The van der Waals surface area contributed by atoms with E-state index in [0.717, 1.165) is 83.5 Å². The Bertz CT molecular complexity index is 1050. The third kappa shape index (κ3) is 48.7. The summed E-state index contributed by atoms with van der Waals surface area (Å²) in [4.78, 5) is 38.0. The lowest BCUT2D eigenvalue weighted by Gasteiger charge is -2.18. The van der Waals surface area contributed by atoms with Crippen molar-refractivity contribution in [3.8, 4) is 0 Å². The maximum atomic E-state index is 12.8. The first-order chi connectivity index (χ1) is 30.5. The highest BCUT2D eigenvalue weighted by molar-refractivity contribution is 5.71. The van der Waals surface area contributed by atoms with E-state index in [9.17, 15) is 14.4 Å².